The zero-order valence-corrected chi connectivity index (χ0v) is 11.7. The van der Waals surface area contributed by atoms with Gasteiger partial charge in [0.05, 0.1) is 12.5 Å². The fraction of sp³-hybridized carbons (Fsp3) is 0.562. The van der Waals surface area contributed by atoms with Gasteiger partial charge in [0.15, 0.2) is 0 Å². The number of aryl methyl sites for hydroxylation is 1. The average Bonchev–Trinajstić information content (AvgIpc) is 2.40. The van der Waals surface area contributed by atoms with Crippen molar-refractivity contribution >= 4 is 5.97 Å². The van der Waals surface area contributed by atoms with Crippen molar-refractivity contribution in [2.75, 3.05) is 6.61 Å². The molecule has 1 aromatic carbocycles. The van der Waals surface area contributed by atoms with E-state index in [1.54, 1.807) is 6.92 Å². The molecule has 0 radical (unpaired) electrons. The number of fused-ring (bicyclic) bond motifs is 1. The second kappa shape index (κ2) is 5.74. The van der Waals surface area contributed by atoms with Gasteiger partial charge >= 0.3 is 5.97 Å². The van der Waals surface area contributed by atoms with E-state index in [9.17, 15) is 9.90 Å². The predicted octanol–water partition coefficient (Wildman–Crippen LogP) is 2.80. The normalized spacial score (nSPS) is 23.5. The highest BCUT2D eigenvalue weighted by Crippen LogP contribution is 2.42. The first-order chi connectivity index (χ1) is 9.13. The van der Waals surface area contributed by atoms with Gasteiger partial charge in [-0.1, -0.05) is 31.2 Å². The highest BCUT2D eigenvalue weighted by Gasteiger charge is 2.44. The summed E-state index contributed by atoms with van der Waals surface area (Å²) in [4.78, 5) is 12.1. The highest BCUT2D eigenvalue weighted by atomic mass is 16.5. The van der Waals surface area contributed by atoms with Crippen molar-refractivity contribution in [1.29, 1.82) is 0 Å². The highest BCUT2D eigenvalue weighted by molar-refractivity contribution is 5.74. The maximum absolute atomic E-state index is 12.1. The standard InChI is InChI=1S/C16H22O3/c1-3-13(15(17)19-4-2)16(18)11-7-9-12-8-5-6-10-14(12)16/h5-6,8,10,13,18H,3-4,7,9,11H2,1-2H3. The van der Waals surface area contributed by atoms with E-state index >= 15 is 0 Å². The topological polar surface area (TPSA) is 46.5 Å². The molecule has 1 aliphatic rings. The first-order valence-corrected chi connectivity index (χ1v) is 7.10. The molecule has 0 saturated heterocycles. The van der Waals surface area contributed by atoms with Crippen LogP contribution < -0.4 is 0 Å². The molecule has 2 unspecified atom stereocenters. The first kappa shape index (κ1) is 14.1. The summed E-state index contributed by atoms with van der Waals surface area (Å²) in [6.45, 7) is 4.08. The van der Waals surface area contributed by atoms with E-state index in [4.69, 9.17) is 4.74 Å². The molecule has 0 amide bonds. The molecule has 0 saturated carbocycles. The van der Waals surface area contributed by atoms with Crippen LogP contribution in [0.15, 0.2) is 24.3 Å². The number of aliphatic hydroxyl groups is 1. The van der Waals surface area contributed by atoms with Crippen LogP contribution in [0.3, 0.4) is 0 Å². The van der Waals surface area contributed by atoms with Crippen molar-refractivity contribution in [1.82, 2.24) is 0 Å². The largest absolute Gasteiger partial charge is 0.466 e. The molecule has 2 atom stereocenters. The van der Waals surface area contributed by atoms with E-state index in [2.05, 4.69) is 0 Å². The number of esters is 1. The van der Waals surface area contributed by atoms with Gasteiger partial charge in [-0.05, 0) is 43.7 Å². The Morgan fingerprint density at radius 1 is 1.42 bits per heavy atom. The van der Waals surface area contributed by atoms with Gasteiger partial charge in [0.25, 0.3) is 0 Å². The third-order valence-electron chi connectivity index (χ3n) is 4.04. The fourth-order valence-electron chi connectivity index (χ4n) is 3.15. The van der Waals surface area contributed by atoms with Gasteiger partial charge in [-0.25, -0.2) is 0 Å². The quantitative estimate of drug-likeness (QED) is 0.849. The molecule has 0 aliphatic heterocycles. The lowest BCUT2D eigenvalue weighted by molar-refractivity contribution is -0.161. The zero-order chi connectivity index (χ0) is 13.9. The molecule has 0 fully saturated rings. The number of hydrogen-bond donors (Lipinski definition) is 1. The summed E-state index contributed by atoms with van der Waals surface area (Å²) < 4.78 is 5.13. The molecule has 19 heavy (non-hydrogen) atoms. The van der Waals surface area contributed by atoms with Gasteiger partial charge in [0, 0.05) is 0 Å². The summed E-state index contributed by atoms with van der Waals surface area (Å²) in [6.07, 6.45) is 3.09. The summed E-state index contributed by atoms with van der Waals surface area (Å²) in [5.41, 5.74) is 0.982. The Labute approximate surface area is 114 Å². The first-order valence-electron chi connectivity index (χ1n) is 7.10. The Bertz CT molecular complexity index is 455. The van der Waals surface area contributed by atoms with E-state index in [-0.39, 0.29) is 5.97 Å². The van der Waals surface area contributed by atoms with E-state index in [0.29, 0.717) is 19.4 Å². The van der Waals surface area contributed by atoms with Crippen LogP contribution in [0.2, 0.25) is 0 Å². The Balaban J connectivity index is 2.39. The van der Waals surface area contributed by atoms with Crippen LogP contribution in [0.5, 0.6) is 0 Å². The second-order valence-electron chi connectivity index (χ2n) is 5.15. The van der Waals surface area contributed by atoms with Crippen LogP contribution in [0.4, 0.5) is 0 Å². The number of benzene rings is 1. The molecule has 2 rings (SSSR count). The molecule has 104 valence electrons. The van der Waals surface area contributed by atoms with Crippen molar-refractivity contribution in [3.8, 4) is 0 Å². The number of carbonyl (C=O) groups is 1. The minimum atomic E-state index is -1.07. The fourth-order valence-corrected chi connectivity index (χ4v) is 3.15. The minimum absolute atomic E-state index is 0.288. The lowest BCUT2D eigenvalue weighted by Gasteiger charge is -2.39. The summed E-state index contributed by atoms with van der Waals surface area (Å²) in [7, 11) is 0. The number of carbonyl (C=O) groups excluding carboxylic acids is 1. The molecule has 1 aromatic rings. The van der Waals surface area contributed by atoms with Gasteiger partial charge < -0.3 is 9.84 Å². The number of ether oxygens (including phenoxy) is 1. The maximum Gasteiger partial charge on any atom is 0.312 e. The average molecular weight is 262 g/mol. The summed E-state index contributed by atoms with van der Waals surface area (Å²) in [5.74, 6) is -0.766. The van der Waals surface area contributed by atoms with Crippen molar-refractivity contribution in [3.05, 3.63) is 35.4 Å². The lowest BCUT2D eigenvalue weighted by atomic mass is 9.71. The van der Waals surface area contributed by atoms with Crippen LogP contribution in [0.25, 0.3) is 0 Å². The summed E-state index contributed by atoms with van der Waals surface area (Å²) in [5, 5.41) is 11.1. The Morgan fingerprint density at radius 2 is 2.16 bits per heavy atom. The van der Waals surface area contributed by atoms with Crippen molar-refractivity contribution in [3.63, 3.8) is 0 Å². The van der Waals surface area contributed by atoms with Crippen molar-refractivity contribution in [2.24, 2.45) is 5.92 Å². The molecule has 1 aliphatic carbocycles. The molecular weight excluding hydrogens is 240 g/mol. The minimum Gasteiger partial charge on any atom is -0.466 e. The van der Waals surface area contributed by atoms with Crippen LogP contribution in [0.1, 0.15) is 44.2 Å². The maximum atomic E-state index is 12.1. The van der Waals surface area contributed by atoms with Crippen LogP contribution >= 0.6 is 0 Å². The molecule has 0 aromatic heterocycles. The third kappa shape index (κ3) is 2.52. The predicted molar refractivity (Wildman–Crippen MR) is 73.7 cm³/mol. The van der Waals surface area contributed by atoms with Crippen molar-refractivity contribution < 1.29 is 14.6 Å². The van der Waals surface area contributed by atoms with E-state index in [0.717, 1.165) is 24.0 Å². The zero-order valence-electron chi connectivity index (χ0n) is 11.7. The van der Waals surface area contributed by atoms with E-state index in [1.165, 1.54) is 0 Å². The molecule has 3 nitrogen and oxygen atoms in total. The van der Waals surface area contributed by atoms with Gasteiger partial charge in [-0.15, -0.1) is 0 Å². The molecule has 1 N–H and O–H groups in total. The smallest absolute Gasteiger partial charge is 0.312 e. The number of hydrogen-bond acceptors (Lipinski definition) is 3. The van der Waals surface area contributed by atoms with E-state index in [1.807, 2.05) is 31.2 Å². The Hall–Kier alpha value is -1.35. The van der Waals surface area contributed by atoms with Crippen molar-refractivity contribution in [2.45, 2.75) is 45.1 Å². The monoisotopic (exact) mass is 262 g/mol. The van der Waals surface area contributed by atoms with Gasteiger partial charge in [0.2, 0.25) is 0 Å². The lowest BCUT2D eigenvalue weighted by Crippen LogP contribution is -2.43. The van der Waals surface area contributed by atoms with E-state index < -0.39 is 11.5 Å². The molecule has 0 bridgehead atoms. The molecular formula is C16H22O3. The number of rotatable bonds is 4. The molecule has 3 heteroatoms. The van der Waals surface area contributed by atoms with Gasteiger partial charge in [-0.2, -0.15) is 0 Å². The second-order valence-corrected chi connectivity index (χ2v) is 5.15. The van der Waals surface area contributed by atoms with Crippen LogP contribution in [-0.2, 0) is 21.6 Å². The molecule has 0 heterocycles. The third-order valence-corrected chi connectivity index (χ3v) is 4.04. The Morgan fingerprint density at radius 3 is 2.84 bits per heavy atom. The molecule has 0 spiro atoms. The SMILES string of the molecule is CCOC(=O)C(CC)C1(O)CCCc2ccccc21. The summed E-state index contributed by atoms with van der Waals surface area (Å²) >= 11 is 0. The van der Waals surface area contributed by atoms with Crippen LogP contribution in [-0.4, -0.2) is 17.7 Å². The Kier molecular flexibility index (Phi) is 4.25. The van der Waals surface area contributed by atoms with Gasteiger partial charge in [0.1, 0.15) is 5.60 Å². The van der Waals surface area contributed by atoms with Crippen LogP contribution in [0, 0.1) is 5.92 Å². The summed E-state index contributed by atoms with van der Waals surface area (Å²) in [6, 6.07) is 7.89. The van der Waals surface area contributed by atoms with Gasteiger partial charge in [-0.3, -0.25) is 4.79 Å².